The monoisotopic (exact) mass is 367 g/mol. The third kappa shape index (κ3) is 2.79. The molecule has 5 nitrogen and oxygen atoms in total. The van der Waals surface area contributed by atoms with Crippen LogP contribution in [0, 0.1) is 6.92 Å². The summed E-state index contributed by atoms with van der Waals surface area (Å²) in [5, 5.41) is 11.8. The fourth-order valence-electron chi connectivity index (χ4n) is 2.57. The topological polar surface area (TPSA) is 69.6 Å². The van der Waals surface area contributed by atoms with E-state index in [1.54, 1.807) is 4.68 Å². The predicted molar refractivity (Wildman–Crippen MR) is 102 cm³/mol. The van der Waals surface area contributed by atoms with Crippen LogP contribution >= 0.6 is 22.9 Å². The first kappa shape index (κ1) is 15.8. The molecule has 0 saturated heterocycles. The first-order valence-electron chi connectivity index (χ1n) is 7.63. The molecule has 0 aliphatic heterocycles. The molecular formula is C18H14ClN5S. The minimum absolute atomic E-state index is 0.444. The van der Waals surface area contributed by atoms with Crippen molar-refractivity contribution in [3.63, 3.8) is 0 Å². The maximum atomic E-state index is 6.30. The number of thiazole rings is 1. The standard InChI is InChI=1S/C18H14ClN5S/c1-11-13(19)8-5-9-15(11)24-17(20)16(22-23-24)18-21-14(10-25-18)12-6-3-2-4-7-12/h2-10H,20H2,1H3. The Hall–Kier alpha value is -2.70. The van der Waals surface area contributed by atoms with Crippen molar-refractivity contribution in [2.24, 2.45) is 0 Å². The number of nitrogens with two attached hydrogens (primary N) is 1. The average molecular weight is 368 g/mol. The molecule has 0 unspecified atom stereocenters. The number of nitrogens with zero attached hydrogens (tertiary/aromatic N) is 4. The third-order valence-corrected chi connectivity index (χ3v) is 5.21. The summed E-state index contributed by atoms with van der Waals surface area (Å²) in [4.78, 5) is 4.66. The molecule has 2 aromatic carbocycles. The molecule has 2 heterocycles. The molecule has 0 amide bonds. The van der Waals surface area contributed by atoms with E-state index in [0.717, 1.165) is 27.5 Å². The summed E-state index contributed by atoms with van der Waals surface area (Å²) in [6.07, 6.45) is 0. The zero-order chi connectivity index (χ0) is 17.4. The van der Waals surface area contributed by atoms with E-state index in [4.69, 9.17) is 17.3 Å². The molecule has 0 bridgehead atoms. The number of hydrogen-bond donors (Lipinski definition) is 1. The molecule has 7 heteroatoms. The van der Waals surface area contributed by atoms with Crippen LogP contribution in [0.2, 0.25) is 5.02 Å². The van der Waals surface area contributed by atoms with Gasteiger partial charge in [-0.05, 0) is 24.6 Å². The zero-order valence-electron chi connectivity index (χ0n) is 13.3. The molecule has 0 saturated carbocycles. The second kappa shape index (κ2) is 6.31. The van der Waals surface area contributed by atoms with Gasteiger partial charge in [-0.3, -0.25) is 0 Å². The minimum Gasteiger partial charge on any atom is -0.382 e. The molecule has 4 aromatic rings. The number of benzene rings is 2. The van der Waals surface area contributed by atoms with Gasteiger partial charge in [0.1, 0.15) is 5.01 Å². The first-order chi connectivity index (χ1) is 12.1. The Labute approximate surface area is 153 Å². The SMILES string of the molecule is Cc1c(Cl)cccc1-n1nnc(-c2nc(-c3ccccc3)cs2)c1N. The molecular weight excluding hydrogens is 354 g/mol. The van der Waals surface area contributed by atoms with Crippen LogP contribution in [0.5, 0.6) is 0 Å². The fourth-order valence-corrected chi connectivity index (χ4v) is 3.56. The number of rotatable bonds is 3. The van der Waals surface area contributed by atoms with Crippen molar-refractivity contribution < 1.29 is 0 Å². The van der Waals surface area contributed by atoms with Crippen LogP contribution < -0.4 is 5.73 Å². The quantitative estimate of drug-likeness (QED) is 0.574. The van der Waals surface area contributed by atoms with Gasteiger partial charge in [0.2, 0.25) is 0 Å². The van der Waals surface area contributed by atoms with Crippen molar-refractivity contribution >= 4 is 28.8 Å². The normalized spacial score (nSPS) is 11.0. The van der Waals surface area contributed by atoms with Gasteiger partial charge in [-0.15, -0.1) is 16.4 Å². The van der Waals surface area contributed by atoms with Crippen LogP contribution in [0.3, 0.4) is 0 Å². The van der Waals surface area contributed by atoms with Crippen molar-refractivity contribution in [3.05, 3.63) is 64.5 Å². The summed E-state index contributed by atoms with van der Waals surface area (Å²) in [7, 11) is 0. The Kier molecular flexibility index (Phi) is 3.99. The van der Waals surface area contributed by atoms with Gasteiger partial charge in [0.25, 0.3) is 0 Å². The van der Waals surface area contributed by atoms with Gasteiger partial charge in [-0.1, -0.05) is 53.2 Å². The Morgan fingerprint density at radius 2 is 1.88 bits per heavy atom. The molecule has 124 valence electrons. The fraction of sp³-hybridized carbons (Fsp3) is 0.0556. The molecule has 0 atom stereocenters. The lowest BCUT2D eigenvalue weighted by molar-refractivity contribution is 0.806. The predicted octanol–water partition coefficient (Wildman–Crippen LogP) is 4.60. The maximum absolute atomic E-state index is 6.30. The summed E-state index contributed by atoms with van der Waals surface area (Å²) in [6, 6.07) is 15.6. The minimum atomic E-state index is 0.444. The number of halogens is 1. The Morgan fingerprint density at radius 1 is 1.08 bits per heavy atom. The van der Waals surface area contributed by atoms with Crippen molar-refractivity contribution in [2.45, 2.75) is 6.92 Å². The van der Waals surface area contributed by atoms with Crippen LogP contribution in [0.4, 0.5) is 5.82 Å². The Bertz CT molecular complexity index is 1040. The smallest absolute Gasteiger partial charge is 0.165 e. The van der Waals surface area contributed by atoms with Gasteiger partial charge in [-0.25, -0.2) is 4.98 Å². The lowest BCUT2D eigenvalue weighted by atomic mass is 10.2. The molecule has 25 heavy (non-hydrogen) atoms. The van der Waals surface area contributed by atoms with Crippen LogP contribution in [0.1, 0.15) is 5.56 Å². The van der Waals surface area contributed by atoms with E-state index in [2.05, 4.69) is 15.3 Å². The van der Waals surface area contributed by atoms with Crippen molar-refractivity contribution in [1.29, 1.82) is 0 Å². The van der Waals surface area contributed by atoms with Gasteiger partial charge in [0.05, 0.1) is 11.4 Å². The summed E-state index contributed by atoms with van der Waals surface area (Å²) < 4.78 is 1.60. The Morgan fingerprint density at radius 3 is 2.68 bits per heavy atom. The van der Waals surface area contributed by atoms with Gasteiger partial charge >= 0.3 is 0 Å². The largest absolute Gasteiger partial charge is 0.382 e. The van der Waals surface area contributed by atoms with E-state index in [1.807, 2.05) is 60.8 Å². The van der Waals surface area contributed by atoms with E-state index in [1.165, 1.54) is 11.3 Å². The van der Waals surface area contributed by atoms with Gasteiger partial charge in [-0.2, -0.15) is 4.68 Å². The summed E-state index contributed by atoms with van der Waals surface area (Å²) >= 11 is 7.69. The number of nitrogen functional groups attached to an aromatic ring is 1. The van der Waals surface area contributed by atoms with E-state index in [9.17, 15) is 0 Å². The lowest BCUT2D eigenvalue weighted by Crippen LogP contribution is -2.04. The first-order valence-corrected chi connectivity index (χ1v) is 8.89. The molecule has 0 spiro atoms. The second-order valence-electron chi connectivity index (χ2n) is 5.52. The highest BCUT2D eigenvalue weighted by Crippen LogP contribution is 2.32. The average Bonchev–Trinajstić information content (AvgIpc) is 3.25. The molecule has 4 rings (SSSR count). The lowest BCUT2D eigenvalue weighted by Gasteiger charge is -2.07. The second-order valence-corrected chi connectivity index (χ2v) is 6.79. The number of aromatic nitrogens is 4. The highest BCUT2D eigenvalue weighted by molar-refractivity contribution is 7.13. The van der Waals surface area contributed by atoms with Crippen molar-refractivity contribution in [2.75, 3.05) is 5.73 Å². The van der Waals surface area contributed by atoms with Crippen LogP contribution in [-0.2, 0) is 0 Å². The van der Waals surface area contributed by atoms with E-state index < -0.39 is 0 Å². The number of hydrogen-bond acceptors (Lipinski definition) is 5. The highest BCUT2D eigenvalue weighted by Gasteiger charge is 2.18. The van der Waals surface area contributed by atoms with Crippen molar-refractivity contribution in [3.8, 4) is 27.6 Å². The van der Waals surface area contributed by atoms with E-state index >= 15 is 0 Å². The van der Waals surface area contributed by atoms with Gasteiger partial charge < -0.3 is 5.73 Å². The van der Waals surface area contributed by atoms with Crippen LogP contribution in [-0.4, -0.2) is 20.0 Å². The van der Waals surface area contributed by atoms with Gasteiger partial charge in [0.15, 0.2) is 11.5 Å². The molecule has 2 N–H and O–H groups in total. The third-order valence-electron chi connectivity index (χ3n) is 3.95. The summed E-state index contributed by atoms with van der Waals surface area (Å²) in [6.45, 7) is 1.93. The molecule has 0 aliphatic carbocycles. The summed E-state index contributed by atoms with van der Waals surface area (Å²) in [5.41, 5.74) is 10.5. The molecule has 0 radical (unpaired) electrons. The summed E-state index contributed by atoms with van der Waals surface area (Å²) in [5.74, 6) is 0.444. The Balaban J connectivity index is 1.75. The van der Waals surface area contributed by atoms with E-state index in [-0.39, 0.29) is 0 Å². The van der Waals surface area contributed by atoms with Crippen molar-refractivity contribution in [1.82, 2.24) is 20.0 Å². The van der Waals surface area contributed by atoms with Crippen LogP contribution in [0.15, 0.2) is 53.9 Å². The van der Waals surface area contributed by atoms with Crippen LogP contribution in [0.25, 0.3) is 27.6 Å². The van der Waals surface area contributed by atoms with Gasteiger partial charge in [0, 0.05) is 16.0 Å². The zero-order valence-corrected chi connectivity index (χ0v) is 14.9. The maximum Gasteiger partial charge on any atom is 0.165 e. The molecule has 0 aliphatic rings. The van der Waals surface area contributed by atoms with E-state index in [0.29, 0.717) is 16.5 Å². The molecule has 2 aromatic heterocycles. The molecule has 0 fully saturated rings. The number of anilines is 1. The highest BCUT2D eigenvalue weighted by atomic mass is 35.5.